The molecule has 1 aromatic rings. The summed E-state index contributed by atoms with van der Waals surface area (Å²) in [5.41, 5.74) is 3.70. The lowest BCUT2D eigenvalue weighted by Gasteiger charge is -2.17. The molecule has 0 aliphatic heterocycles. The maximum Gasteiger partial charge on any atom is 0.213 e. The number of sulfonamides is 1. The molecular weight excluding hydrogens is 336 g/mol. The number of benzene rings is 1. The van der Waals surface area contributed by atoms with Gasteiger partial charge in [0.1, 0.15) is 0 Å². The SMILES string of the molecule is CCNC(=NCc1ccc(C)cc1C)NCCCN(C)S(=O)(=O)CC. The van der Waals surface area contributed by atoms with Crippen molar-refractivity contribution in [1.82, 2.24) is 14.9 Å². The lowest BCUT2D eigenvalue weighted by Crippen LogP contribution is -2.39. The van der Waals surface area contributed by atoms with Gasteiger partial charge in [-0.2, -0.15) is 0 Å². The molecule has 0 amide bonds. The predicted molar refractivity (Wildman–Crippen MR) is 105 cm³/mol. The van der Waals surface area contributed by atoms with Gasteiger partial charge in [0.25, 0.3) is 0 Å². The Morgan fingerprint density at radius 3 is 2.52 bits per heavy atom. The van der Waals surface area contributed by atoms with E-state index in [1.54, 1.807) is 14.0 Å². The Balaban J connectivity index is 2.53. The molecule has 0 radical (unpaired) electrons. The van der Waals surface area contributed by atoms with Crippen molar-refractivity contribution >= 4 is 16.0 Å². The molecule has 0 aliphatic rings. The zero-order valence-corrected chi connectivity index (χ0v) is 16.9. The third-order valence-electron chi connectivity index (χ3n) is 4.03. The van der Waals surface area contributed by atoms with Crippen molar-refractivity contribution in [2.24, 2.45) is 4.99 Å². The minimum atomic E-state index is -3.10. The maximum atomic E-state index is 11.7. The summed E-state index contributed by atoms with van der Waals surface area (Å²) in [5, 5.41) is 6.48. The minimum Gasteiger partial charge on any atom is -0.357 e. The van der Waals surface area contributed by atoms with Crippen LogP contribution in [0.3, 0.4) is 0 Å². The summed E-state index contributed by atoms with van der Waals surface area (Å²) in [6, 6.07) is 6.37. The van der Waals surface area contributed by atoms with Crippen molar-refractivity contribution in [2.75, 3.05) is 32.4 Å². The van der Waals surface area contributed by atoms with Crippen LogP contribution in [0.1, 0.15) is 37.0 Å². The highest BCUT2D eigenvalue weighted by molar-refractivity contribution is 7.89. The number of nitrogens with one attached hydrogen (secondary N) is 2. The van der Waals surface area contributed by atoms with Gasteiger partial charge in [-0.25, -0.2) is 17.7 Å². The first-order valence-corrected chi connectivity index (χ1v) is 10.4. The number of aliphatic imine (C=N–C) groups is 1. The minimum absolute atomic E-state index is 0.136. The van der Waals surface area contributed by atoms with Crippen molar-refractivity contribution in [3.63, 3.8) is 0 Å². The first kappa shape index (κ1) is 21.4. The molecule has 7 heteroatoms. The molecule has 25 heavy (non-hydrogen) atoms. The number of guanidine groups is 1. The van der Waals surface area contributed by atoms with Crippen LogP contribution in [-0.2, 0) is 16.6 Å². The number of aryl methyl sites for hydroxylation is 2. The quantitative estimate of drug-likeness (QED) is 0.397. The van der Waals surface area contributed by atoms with E-state index in [2.05, 4.69) is 47.7 Å². The third kappa shape index (κ3) is 7.44. The zero-order valence-electron chi connectivity index (χ0n) is 16.1. The summed E-state index contributed by atoms with van der Waals surface area (Å²) in [6.45, 7) is 10.4. The molecule has 0 saturated heterocycles. The molecule has 0 heterocycles. The van der Waals surface area contributed by atoms with Gasteiger partial charge >= 0.3 is 0 Å². The second-order valence-corrected chi connectivity index (χ2v) is 8.49. The van der Waals surface area contributed by atoms with Gasteiger partial charge in [0.15, 0.2) is 5.96 Å². The zero-order chi connectivity index (χ0) is 18.9. The van der Waals surface area contributed by atoms with Gasteiger partial charge < -0.3 is 10.6 Å². The first-order valence-electron chi connectivity index (χ1n) is 8.82. The molecule has 1 aromatic carbocycles. The standard InChI is InChI=1S/C18H32N4O2S/c1-6-19-18(20-11-8-12-22(5)25(23,24)7-2)21-14-17-10-9-15(3)13-16(17)4/h9-10,13H,6-8,11-12,14H2,1-5H3,(H2,19,20,21). The van der Waals surface area contributed by atoms with E-state index in [9.17, 15) is 8.42 Å². The molecule has 0 saturated carbocycles. The fourth-order valence-corrected chi connectivity index (χ4v) is 3.25. The molecule has 0 atom stereocenters. The fourth-order valence-electron chi connectivity index (χ4n) is 2.40. The van der Waals surface area contributed by atoms with Gasteiger partial charge in [0.2, 0.25) is 10.0 Å². The molecule has 1 rings (SSSR count). The molecule has 0 aromatic heterocycles. The summed E-state index contributed by atoms with van der Waals surface area (Å²) >= 11 is 0. The molecule has 6 nitrogen and oxygen atoms in total. The predicted octanol–water partition coefficient (Wildman–Crippen LogP) is 2.03. The number of hydrogen-bond acceptors (Lipinski definition) is 3. The van der Waals surface area contributed by atoms with Crippen LogP contribution in [0, 0.1) is 13.8 Å². The van der Waals surface area contributed by atoms with E-state index in [0.29, 0.717) is 19.6 Å². The highest BCUT2D eigenvalue weighted by atomic mass is 32.2. The van der Waals surface area contributed by atoms with Gasteiger partial charge in [-0.15, -0.1) is 0 Å². The summed E-state index contributed by atoms with van der Waals surface area (Å²) in [7, 11) is -1.48. The average molecular weight is 369 g/mol. The molecular formula is C18H32N4O2S. The van der Waals surface area contributed by atoms with Crippen LogP contribution in [0.4, 0.5) is 0 Å². The van der Waals surface area contributed by atoms with Gasteiger partial charge in [-0.3, -0.25) is 0 Å². The Labute approximate surface area is 152 Å². The van der Waals surface area contributed by atoms with Crippen LogP contribution in [-0.4, -0.2) is 51.1 Å². The van der Waals surface area contributed by atoms with E-state index >= 15 is 0 Å². The topological polar surface area (TPSA) is 73.8 Å². The van der Waals surface area contributed by atoms with Crippen molar-refractivity contribution in [3.05, 3.63) is 34.9 Å². The summed E-state index contributed by atoms with van der Waals surface area (Å²) in [4.78, 5) is 4.62. The molecule has 0 aliphatic carbocycles. The fraction of sp³-hybridized carbons (Fsp3) is 0.611. The van der Waals surface area contributed by atoms with E-state index in [4.69, 9.17) is 0 Å². The van der Waals surface area contributed by atoms with Gasteiger partial charge in [0.05, 0.1) is 12.3 Å². The van der Waals surface area contributed by atoms with Crippen LogP contribution in [0.15, 0.2) is 23.2 Å². The highest BCUT2D eigenvalue weighted by Crippen LogP contribution is 2.11. The number of rotatable bonds is 9. The van der Waals surface area contributed by atoms with Crippen LogP contribution >= 0.6 is 0 Å². The summed E-state index contributed by atoms with van der Waals surface area (Å²) < 4.78 is 24.8. The Morgan fingerprint density at radius 2 is 1.92 bits per heavy atom. The Morgan fingerprint density at radius 1 is 1.20 bits per heavy atom. The van der Waals surface area contributed by atoms with Gasteiger partial charge in [-0.1, -0.05) is 23.8 Å². The van der Waals surface area contributed by atoms with Gasteiger partial charge in [-0.05, 0) is 45.2 Å². The summed E-state index contributed by atoms with van der Waals surface area (Å²) in [5.74, 6) is 0.889. The number of hydrogen-bond donors (Lipinski definition) is 2. The molecule has 2 N–H and O–H groups in total. The average Bonchev–Trinajstić information content (AvgIpc) is 2.57. The van der Waals surface area contributed by atoms with Crippen molar-refractivity contribution in [2.45, 2.75) is 40.7 Å². The Kier molecular flexibility index (Phi) is 8.92. The maximum absolute atomic E-state index is 11.7. The monoisotopic (exact) mass is 368 g/mol. The van der Waals surface area contributed by atoms with Crippen LogP contribution < -0.4 is 10.6 Å². The summed E-state index contributed by atoms with van der Waals surface area (Å²) in [6.07, 6.45) is 0.726. The second kappa shape index (κ2) is 10.4. The number of nitrogens with zero attached hydrogens (tertiary/aromatic N) is 2. The van der Waals surface area contributed by atoms with Crippen molar-refractivity contribution in [3.8, 4) is 0 Å². The van der Waals surface area contributed by atoms with E-state index in [1.165, 1.54) is 21.0 Å². The van der Waals surface area contributed by atoms with Crippen LogP contribution in [0.25, 0.3) is 0 Å². The smallest absolute Gasteiger partial charge is 0.213 e. The van der Waals surface area contributed by atoms with E-state index in [0.717, 1.165) is 18.9 Å². The van der Waals surface area contributed by atoms with Crippen molar-refractivity contribution in [1.29, 1.82) is 0 Å². The highest BCUT2D eigenvalue weighted by Gasteiger charge is 2.13. The molecule has 0 fully saturated rings. The van der Waals surface area contributed by atoms with Crippen molar-refractivity contribution < 1.29 is 8.42 Å². The van der Waals surface area contributed by atoms with E-state index in [-0.39, 0.29) is 5.75 Å². The molecule has 142 valence electrons. The lowest BCUT2D eigenvalue weighted by atomic mass is 10.1. The lowest BCUT2D eigenvalue weighted by molar-refractivity contribution is 0.461. The van der Waals surface area contributed by atoms with Gasteiger partial charge in [0, 0.05) is 26.7 Å². The molecule has 0 bridgehead atoms. The largest absolute Gasteiger partial charge is 0.357 e. The first-order chi connectivity index (χ1) is 11.8. The van der Waals surface area contributed by atoms with E-state index < -0.39 is 10.0 Å². The third-order valence-corrected chi connectivity index (χ3v) is 5.89. The molecule has 0 unspecified atom stereocenters. The normalized spacial score (nSPS) is 12.5. The molecule has 0 spiro atoms. The van der Waals surface area contributed by atoms with E-state index in [1.807, 2.05) is 6.92 Å². The Hall–Kier alpha value is -1.60. The van der Waals surface area contributed by atoms with Crippen LogP contribution in [0.5, 0.6) is 0 Å². The Bertz CT molecular complexity index is 672. The van der Waals surface area contributed by atoms with Crippen LogP contribution in [0.2, 0.25) is 0 Å². The second-order valence-electron chi connectivity index (χ2n) is 6.13.